The Kier molecular flexibility index (Phi) is 3.18. The first-order valence-electron chi connectivity index (χ1n) is 6.04. The van der Waals surface area contributed by atoms with Crippen molar-refractivity contribution in [3.05, 3.63) is 35.8 Å². The van der Waals surface area contributed by atoms with Crippen LogP contribution in [0.2, 0.25) is 0 Å². The number of hydrogen-bond acceptors (Lipinski definition) is 6. The molecule has 0 radical (unpaired) electrons. The third-order valence-corrected chi connectivity index (χ3v) is 2.89. The van der Waals surface area contributed by atoms with Gasteiger partial charge >= 0.3 is 6.03 Å². The first-order valence-corrected chi connectivity index (χ1v) is 6.04. The lowest BCUT2D eigenvalue weighted by Gasteiger charge is -2.18. The van der Waals surface area contributed by atoms with Crippen LogP contribution in [-0.4, -0.2) is 26.7 Å². The van der Waals surface area contributed by atoms with Gasteiger partial charge in [-0.1, -0.05) is 6.07 Å². The second kappa shape index (κ2) is 5.30. The zero-order chi connectivity index (χ0) is 14.7. The maximum atomic E-state index is 11.3. The number of fused-ring (bicyclic) bond motifs is 1. The van der Waals surface area contributed by atoms with E-state index >= 15 is 0 Å². The molecule has 9 heteroatoms. The van der Waals surface area contributed by atoms with Crippen LogP contribution in [-0.2, 0) is 6.54 Å². The Morgan fingerprint density at radius 1 is 1.48 bits per heavy atom. The number of H-pyrrole nitrogens is 1. The number of tetrazole rings is 1. The molecule has 0 bridgehead atoms. The summed E-state index contributed by atoms with van der Waals surface area (Å²) in [6.45, 7) is 0.490. The van der Waals surface area contributed by atoms with Crippen molar-refractivity contribution in [2.45, 2.75) is 6.54 Å². The predicted octanol–water partition coefficient (Wildman–Crippen LogP) is 0.811. The van der Waals surface area contributed by atoms with Crippen LogP contribution in [0.5, 0.6) is 0 Å². The van der Waals surface area contributed by atoms with Crippen LogP contribution >= 0.6 is 0 Å². The average molecular weight is 282 g/mol. The fourth-order valence-corrected chi connectivity index (χ4v) is 1.86. The first kappa shape index (κ1) is 12.6. The summed E-state index contributed by atoms with van der Waals surface area (Å²) < 4.78 is 0. The number of aromatic nitrogens is 4. The number of benzene rings is 1. The molecule has 0 saturated carbocycles. The number of anilines is 2. The Labute approximate surface area is 119 Å². The maximum absolute atomic E-state index is 11.3. The van der Waals surface area contributed by atoms with Gasteiger partial charge in [-0.2, -0.15) is 10.5 Å². The minimum atomic E-state index is -0.236. The summed E-state index contributed by atoms with van der Waals surface area (Å²) in [5, 5.41) is 30.6. The van der Waals surface area contributed by atoms with Crippen molar-refractivity contribution in [1.82, 2.24) is 25.9 Å². The van der Waals surface area contributed by atoms with E-state index in [2.05, 4.69) is 36.6 Å². The second-order valence-electron chi connectivity index (χ2n) is 4.23. The Balaban J connectivity index is 1.81. The van der Waals surface area contributed by atoms with Gasteiger partial charge in [-0.25, -0.2) is 4.79 Å². The molecule has 0 atom stereocenters. The number of hydrogen-bond donors (Lipinski definition) is 4. The van der Waals surface area contributed by atoms with Crippen LogP contribution in [0.15, 0.2) is 24.4 Å². The van der Waals surface area contributed by atoms with Gasteiger partial charge in [-0.15, -0.1) is 10.2 Å². The molecule has 21 heavy (non-hydrogen) atoms. The summed E-state index contributed by atoms with van der Waals surface area (Å²) in [6, 6.07) is 7.26. The van der Waals surface area contributed by atoms with Gasteiger partial charge in [0.05, 0.1) is 0 Å². The highest BCUT2D eigenvalue weighted by Crippen LogP contribution is 2.23. The summed E-state index contributed by atoms with van der Waals surface area (Å²) in [6.07, 6.45) is 1.48. The number of carbonyl (C=O) groups excluding carboxylic acids is 1. The molecule has 1 aliphatic heterocycles. The van der Waals surface area contributed by atoms with Crippen molar-refractivity contribution in [2.75, 3.05) is 10.6 Å². The van der Waals surface area contributed by atoms with Crippen molar-refractivity contribution in [3.63, 3.8) is 0 Å². The Bertz CT molecular complexity index is 743. The van der Waals surface area contributed by atoms with Crippen molar-refractivity contribution in [2.24, 2.45) is 0 Å². The summed E-state index contributed by atoms with van der Waals surface area (Å²) in [5.74, 6) is 0.209. The highest BCUT2D eigenvalue weighted by atomic mass is 16.2. The second-order valence-corrected chi connectivity index (χ2v) is 4.23. The standard InChI is InChI=1S/C12H10N8O/c13-4-8(11-17-19-20-18-11)6-14-9-2-1-7-5-15-12(21)16-10(7)3-9/h1-3,6,14H,5H2,(H2,15,16,21)(H,17,18,19,20). The van der Waals surface area contributed by atoms with Crippen molar-refractivity contribution >= 4 is 23.0 Å². The van der Waals surface area contributed by atoms with Gasteiger partial charge in [-0.3, -0.25) is 0 Å². The molecule has 3 rings (SSSR count). The third kappa shape index (κ3) is 2.64. The van der Waals surface area contributed by atoms with Gasteiger partial charge in [0.1, 0.15) is 11.6 Å². The summed E-state index contributed by atoms with van der Waals surface area (Å²) in [7, 11) is 0. The number of carbonyl (C=O) groups is 1. The normalized spacial score (nSPS) is 13.7. The largest absolute Gasteiger partial charge is 0.360 e. The molecule has 0 fully saturated rings. The molecule has 104 valence electrons. The lowest BCUT2D eigenvalue weighted by atomic mass is 10.1. The van der Waals surface area contributed by atoms with Gasteiger partial charge < -0.3 is 16.0 Å². The number of aromatic amines is 1. The smallest absolute Gasteiger partial charge is 0.319 e. The molecule has 9 nitrogen and oxygen atoms in total. The number of amides is 2. The van der Waals surface area contributed by atoms with E-state index in [1.807, 2.05) is 18.2 Å². The van der Waals surface area contributed by atoms with Crippen LogP contribution in [0.25, 0.3) is 5.57 Å². The monoisotopic (exact) mass is 282 g/mol. The van der Waals surface area contributed by atoms with E-state index in [1.165, 1.54) is 6.20 Å². The average Bonchev–Trinajstić information content (AvgIpc) is 3.01. The summed E-state index contributed by atoms with van der Waals surface area (Å²) >= 11 is 0. The molecule has 1 aliphatic rings. The molecule has 1 aromatic carbocycles. The van der Waals surface area contributed by atoms with Crippen molar-refractivity contribution in [1.29, 1.82) is 5.26 Å². The minimum Gasteiger partial charge on any atom is -0.360 e. The van der Waals surface area contributed by atoms with Crippen LogP contribution in [0.4, 0.5) is 16.2 Å². The van der Waals surface area contributed by atoms with E-state index in [-0.39, 0.29) is 17.4 Å². The van der Waals surface area contributed by atoms with Gasteiger partial charge in [-0.05, 0) is 22.9 Å². The Morgan fingerprint density at radius 3 is 3.14 bits per heavy atom. The zero-order valence-electron chi connectivity index (χ0n) is 10.7. The molecule has 0 unspecified atom stereocenters. The summed E-state index contributed by atoms with van der Waals surface area (Å²) in [5.41, 5.74) is 2.69. The molecule has 2 heterocycles. The first-order chi connectivity index (χ1) is 10.3. The van der Waals surface area contributed by atoms with Gasteiger partial charge in [0.25, 0.3) is 0 Å². The summed E-state index contributed by atoms with van der Waals surface area (Å²) in [4.78, 5) is 11.3. The fourth-order valence-electron chi connectivity index (χ4n) is 1.86. The minimum absolute atomic E-state index is 0.209. The highest BCUT2D eigenvalue weighted by Gasteiger charge is 2.13. The Hall–Kier alpha value is -3.41. The van der Waals surface area contributed by atoms with Gasteiger partial charge in [0.2, 0.25) is 5.82 Å². The molecular formula is C12H10N8O. The van der Waals surface area contributed by atoms with E-state index in [0.717, 1.165) is 16.9 Å². The predicted molar refractivity (Wildman–Crippen MR) is 73.7 cm³/mol. The van der Waals surface area contributed by atoms with Crippen molar-refractivity contribution in [3.8, 4) is 6.07 Å². The van der Waals surface area contributed by atoms with Gasteiger partial charge in [0.15, 0.2) is 0 Å². The number of nitrogens with one attached hydrogen (secondary N) is 4. The molecule has 2 aromatic rings. The number of nitriles is 1. The number of rotatable bonds is 3. The number of nitrogens with zero attached hydrogens (tertiary/aromatic N) is 4. The third-order valence-electron chi connectivity index (χ3n) is 2.89. The highest BCUT2D eigenvalue weighted by molar-refractivity contribution is 5.93. The van der Waals surface area contributed by atoms with E-state index < -0.39 is 0 Å². The van der Waals surface area contributed by atoms with Crippen LogP contribution in [0.1, 0.15) is 11.4 Å². The fraction of sp³-hybridized carbons (Fsp3) is 0.0833. The number of allylic oxidation sites excluding steroid dienone is 1. The van der Waals surface area contributed by atoms with Crippen LogP contribution in [0, 0.1) is 11.3 Å². The quantitative estimate of drug-likeness (QED) is 0.616. The molecular weight excluding hydrogens is 272 g/mol. The Morgan fingerprint density at radius 2 is 2.38 bits per heavy atom. The zero-order valence-corrected chi connectivity index (χ0v) is 10.7. The van der Waals surface area contributed by atoms with E-state index in [0.29, 0.717) is 6.54 Å². The molecule has 1 aromatic heterocycles. The lowest BCUT2D eigenvalue weighted by molar-refractivity contribution is 0.251. The molecule has 0 aliphatic carbocycles. The molecule has 4 N–H and O–H groups in total. The molecule has 2 amide bonds. The van der Waals surface area contributed by atoms with Gasteiger partial charge in [0, 0.05) is 24.1 Å². The van der Waals surface area contributed by atoms with E-state index in [9.17, 15) is 4.79 Å². The van der Waals surface area contributed by atoms with Crippen LogP contribution < -0.4 is 16.0 Å². The van der Waals surface area contributed by atoms with E-state index in [1.54, 1.807) is 6.07 Å². The van der Waals surface area contributed by atoms with Crippen LogP contribution in [0.3, 0.4) is 0 Å². The molecule has 0 spiro atoms. The van der Waals surface area contributed by atoms with E-state index in [4.69, 9.17) is 5.26 Å². The number of urea groups is 1. The topological polar surface area (TPSA) is 131 Å². The maximum Gasteiger partial charge on any atom is 0.319 e. The lowest BCUT2D eigenvalue weighted by Crippen LogP contribution is -2.33. The SMILES string of the molecule is N#CC(=CNc1ccc2c(c1)NC(=O)NC2)c1nn[nH]n1. The van der Waals surface area contributed by atoms with Crippen molar-refractivity contribution < 1.29 is 4.79 Å². The molecule has 0 saturated heterocycles.